The van der Waals surface area contributed by atoms with Crippen molar-refractivity contribution in [1.29, 1.82) is 0 Å². The average Bonchev–Trinajstić information content (AvgIpc) is 2.49. The van der Waals surface area contributed by atoms with Crippen LogP contribution < -0.4 is 5.32 Å². The molecule has 3 atom stereocenters. The van der Waals surface area contributed by atoms with Gasteiger partial charge in [-0.2, -0.15) is 0 Å². The number of methoxy groups -OCH3 is 1. The first kappa shape index (κ1) is 13.0. The van der Waals surface area contributed by atoms with Crippen LogP contribution in [0.1, 0.15) is 47.0 Å². The highest BCUT2D eigenvalue weighted by Gasteiger charge is 2.29. The van der Waals surface area contributed by atoms with Crippen molar-refractivity contribution >= 4 is 0 Å². The minimum atomic E-state index is 0.0143. The van der Waals surface area contributed by atoms with E-state index >= 15 is 0 Å². The standard InChI is InChI=1S/C13H27NO/c1-10-6-7-12(11(10)2)14-9-8-13(3,4)15-5/h10-12,14H,6-9H2,1-5H3. The van der Waals surface area contributed by atoms with E-state index in [2.05, 4.69) is 33.0 Å². The third-order valence-corrected chi connectivity index (χ3v) is 4.15. The van der Waals surface area contributed by atoms with Crippen LogP contribution >= 0.6 is 0 Å². The molecule has 1 N–H and O–H groups in total. The second-order valence-electron chi connectivity index (χ2n) is 5.69. The molecule has 0 spiro atoms. The van der Waals surface area contributed by atoms with Crippen molar-refractivity contribution in [1.82, 2.24) is 5.32 Å². The summed E-state index contributed by atoms with van der Waals surface area (Å²) in [7, 11) is 1.79. The van der Waals surface area contributed by atoms with Crippen LogP contribution in [0.5, 0.6) is 0 Å². The van der Waals surface area contributed by atoms with Gasteiger partial charge in [0.2, 0.25) is 0 Å². The molecule has 2 nitrogen and oxygen atoms in total. The van der Waals surface area contributed by atoms with Crippen LogP contribution in [0.2, 0.25) is 0 Å². The van der Waals surface area contributed by atoms with Gasteiger partial charge in [0.15, 0.2) is 0 Å². The summed E-state index contributed by atoms with van der Waals surface area (Å²) < 4.78 is 5.41. The van der Waals surface area contributed by atoms with Gasteiger partial charge in [-0.15, -0.1) is 0 Å². The molecule has 2 heteroatoms. The van der Waals surface area contributed by atoms with Crippen molar-refractivity contribution in [2.45, 2.75) is 58.6 Å². The minimum absolute atomic E-state index is 0.0143. The molecule has 0 radical (unpaired) electrons. The van der Waals surface area contributed by atoms with Crippen molar-refractivity contribution in [2.24, 2.45) is 11.8 Å². The molecule has 0 aromatic heterocycles. The summed E-state index contributed by atoms with van der Waals surface area (Å²) in [6.45, 7) is 10.1. The first-order valence-corrected chi connectivity index (χ1v) is 6.25. The zero-order chi connectivity index (χ0) is 11.5. The number of rotatable bonds is 5. The highest BCUT2D eigenvalue weighted by Crippen LogP contribution is 2.31. The van der Waals surface area contributed by atoms with Gasteiger partial charge in [-0.05, 0) is 51.5 Å². The molecule has 0 amide bonds. The van der Waals surface area contributed by atoms with Crippen LogP contribution in [-0.2, 0) is 4.74 Å². The van der Waals surface area contributed by atoms with E-state index in [9.17, 15) is 0 Å². The van der Waals surface area contributed by atoms with E-state index in [-0.39, 0.29) is 5.60 Å². The highest BCUT2D eigenvalue weighted by atomic mass is 16.5. The van der Waals surface area contributed by atoms with Gasteiger partial charge in [0.1, 0.15) is 0 Å². The fourth-order valence-corrected chi connectivity index (χ4v) is 2.31. The maximum atomic E-state index is 5.41. The molecular formula is C13H27NO. The van der Waals surface area contributed by atoms with E-state index in [4.69, 9.17) is 4.74 Å². The molecular weight excluding hydrogens is 186 g/mol. The average molecular weight is 213 g/mol. The van der Waals surface area contributed by atoms with Crippen molar-refractivity contribution in [3.63, 3.8) is 0 Å². The molecule has 1 aliphatic rings. The molecule has 3 unspecified atom stereocenters. The number of hydrogen-bond donors (Lipinski definition) is 1. The molecule has 15 heavy (non-hydrogen) atoms. The van der Waals surface area contributed by atoms with Gasteiger partial charge in [0, 0.05) is 13.2 Å². The van der Waals surface area contributed by atoms with Crippen molar-refractivity contribution in [3.05, 3.63) is 0 Å². The summed E-state index contributed by atoms with van der Waals surface area (Å²) in [5.41, 5.74) is 0.0143. The van der Waals surface area contributed by atoms with Crippen LogP contribution in [0, 0.1) is 11.8 Å². The third-order valence-electron chi connectivity index (χ3n) is 4.15. The Balaban J connectivity index is 2.21. The molecule has 0 heterocycles. The lowest BCUT2D eigenvalue weighted by Gasteiger charge is -2.25. The van der Waals surface area contributed by atoms with E-state index < -0.39 is 0 Å². The normalized spacial score (nSPS) is 32.2. The van der Waals surface area contributed by atoms with Crippen LogP contribution in [0.3, 0.4) is 0 Å². The number of hydrogen-bond acceptors (Lipinski definition) is 2. The summed E-state index contributed by atoms with van der Waals surface area (Å²) in [5, 5.41) is 3.67. The molecule has 1 rings (SSSR count). The maximum Gasteiger partial charge on any atom is 0.0634 e. The van der Waals surface area contributed by atoms with Gasteiger partial charge in [0.05, 0.1) is 5.60 Å². The Kier molecular flexibility index (Phi) is 4.60. The van der Waals surface area contributed by atoms with Crippen LogP contribution in [-0.4, -0.2) is 25.3 Å². The fourth-order valence-electron chi connectivity index (χ4n) is 2.31. The summed E-state index contributed by atoms with van der Waals surface area (Å²) >= 11 is 0. The minimum Gasteiger partial charge on any atom is -0.379 e. The zero-order valence-electron chi connectivity index (χ0n) is 11.0. The molecule has 90 valence electrons. The molecule has 0 aromatic carbocycles. The van der Waals surface area contributed by atoms with E-state index in [0.717, 1.165) is 30.8 Å². The number of nitrogens with one attached hydrogen (secondary N) is 1. The van der Waals surface area contributed by atoms with Crippen molar-refractivity contribution in [2.75, 3.05) is 13.7 Å². The summed E-state index contributed by atoms with van der Waals surface area (Å²) in [5.74, 6) is 1.72. The topological polar surface area (TPSA) is 21.3 Å². The Morgan fingerprint density at radius 2 is 1.93 bits per heavy atom. The molecule has 0 bridgehead atoms. The third kappa shape index (κ3) is 3.76. The molecule has 0 aromatic rings. The number of ether oxygens (including phenoxy) is 1. The van der Waals surface area contributed by atoms with Gasteiger partial charge in [0.25, 0.3) is 0 Å². The van der Waals surface area contributed by atoms with E-state index in [1.165, 1.54) is 12.8 Å². The lowest BCUT2D eigenvalue weighted by Crippen LogP contribution is -2.36. The Morgan fingerprint density at radius 1 is 1.27 bits per heavy atom. The van der Waals surface area contributed by atoms with Crippen LogP contribution in [0.15, 0.2) is 0 Å². The van der Waals surface area contributed by atoms with Gasteiger partial charge >= 0.3 is 0 Å². The lowest BCUT2D eigenvalue weighted by molar-refractivity contribution is 0.0151. The van der Waals surface area contributed by atoms with Gasteiger partial charge in [-0.1, -0.05) is 13.8 Å². The first-order chi connectivity index (χ1) is 6.96. The van der Waals surface area contributed by atoms with E-state index in [1.54, 1.807) is 7.11 Å². The van der Waals surface area contributed by atoms with Gasteiger partial charge in [-0.25, -0.2) is 0 Å². The maximum absolute atomic E-state index is 5.41. The summed E-state index contributed by atoms with van der Waals surface area (Å²) in [4.78, 5) is 0. The quantitative estimate of drug-likeness (QED) is 0.758. The van der Waals surface area contributed by atoms with Crippen LogP contribution in [0.25, 0.3) is 0 Å². The van der Waals surface area contributed by atoms with Crippen molar-refractivity contribution in [3.8, 4) is 0 Å². The molecule has 1 aliphatic carbocycles. The molecule has 1 fully saturated rings. The monoisotopic (exact) mass is 213 g/mol. The molecule has 1 saturated carbocycles. The Bertz CT molecular complexity index is 191. The SMILES string of the molecule is COC(C)(C)CCNC1CCC(C)C1C. The second-order valence-corrected chi connectivity index (χ2v) is 5.69. The smallest absolute Gasteiger partial charge is 0.0634 e. The van der Waals surface area contributed by atoms with Crippen molar-refractivity contribution < 1.29 is 4.74 Å². The molecule has 0 aliphatic heterocycles. The lowest BCUT2D eigenvalue weighted by atomic mass is 9.97. The predicted molar refractivity (Wildman–Crippen MR) is 65.1 cm³/mol. The second kappa shape index (κ2) is 5.31. The fraction of sp³-hybridized carbons (Fsp3) is 1.00. The first-order valence-electron chi connectivity index (χ1n) is 6.25. The van der Waals surface area contributed by atoms with E-state index in [0.29, 0.717) is 0 Å². The van der Waals surface area contributed by atoms with Gasteiger partial charge in [-0.3, -0.25) is 0 Å². The Labute approximate surface area is 94.8 Å². The Morgan fingerprint density at radius 3 is 2.40 bits per heavy atom. The highest BCUT2D eigenvalue weighted by molar-refractivity contribution is 4.85. The summed E-state index contributed by atoms with van der Waals surface area (Å²) in [6, 6.07) is 0.729. The Hall–Kier alpha value is -0.0800. The summed E-state index contributed by atoms with van der Waals surface area (Å²) in [6.07, 6.45) is 3.81. The predicted octanol–water partition coefficient (Wildman–Crippen LogP) is 2.83. The largest absolute Gasteiger partial charge is 0.379 e. The van der Waals surface area contributed by atoms with Crippen LogP contribution in [0.4, 0.5) is 0 Å². The zero-order valence-corrected chi connectivity index (χ0v) is 11.0. The molecule has 0 saturated heterocycles. The van der Waals surface area contributed by atoms with E-state index in [1.807, 2.05) is 0 Å². The van der Waals surface area contributed by atoms with Gasteiger partial charge < -0.3 is 10.1 Å².